The minimum Gasteiger partial charge on any atom is -0.467 e. The second-order valence-electron chi connectivity index (χ2n) is 4.64. The molecule has 0 aliphatic carbocycles. The van der Waals surface area contributed by atoms with E-state index in [0.29, 0.717) is 6.54 Å². The first-order chi connectivity index (χ1) is 8.69. The van der Waals surface area contributed by atoms with Gasteiger partial charge in [-0.2, -0.15) is 0 Å². The van der Waals surface area contributed by atoms with Crippen molar-refractivity contribution in [1.29, 1.82) is 0 Å². The van der Waals surface area contributed by atoms with Crippen molar-refractivity contribution in [3.63, 3.8) is 0 Å². The molecule has 1 aromatic rings. The number of carbonyl (C=O) groups is 1. The zero-order valence-corrected chi connectivity index (χ0v) is 10.8. The lowest BCUT2D eigenvalue weighted by Gasteiger charge is -2.35. The molecule has 1 aliphatic heterocycles. The zero-order valence-electron chi connectivity index (χ0n) is 10.8. The number of hydrogen-bond acceptors (Lipinski definition) is 4. The molecule has 1 saturated heterocycles. The maximum Gasteiger partial charge on any atom is 0.336 e. The monoisotopic (exact) mass is 249 g/mol. The van der Waals surface area contributed by atoms with Crippen LogP contribution in [0.5, 0.6) is 0 Å². The average molecular weight is 249 g/mol. The molecule has 0 bridgehead atoms. The number of morpholine rings is 1. The number of nitrogens with zero attached hydrogens (tertiary/aromatic N) is 1. The van der Waals surface area contributed by atoms with Crippen LogP contribution in [-0.4, -0.2) is 43.3 Å². The van der Waals surface area contributed by atoms with Crippen molar-refractivity contribution in [2.45, 2.75) is 25.7 Å². The van der Waals surface area contributed by atoms with Gasteiger partial charge in [0, 0.05) is 19.6 Å². The fourth-order valence-corrected chi connectivity index (χ4v) is 2.27. The van der Waals surface area contributed by atoms with Crippen LogP contribution in [0.3, 0.4) is 0 Å². The predicted molar refractivity (Wildman–Crippen MR) is 68.1 cm³/mol. The summed E-state index contributed by atoms with van der Waals surface area (Å²) in [5.74, 6) is -0.292. The smallest absolute Gasteiger partial charge is 0.336 e. The van der Waals surface area contributed by atoms with E-state index in [2.05, 4.69) is 17.0 Å². The van der Waals surface area contributed by atoms with Crippen molar-refractivity contribution in [3.05, 3.63) is 35.9 Å². The molecule has 2 rings (SSSR count). The number of benzene rings is 1. The zero-order chi connectivity index (χ0) is 13.0. The van der Waals surface area contributed by atoms with Crippen LogP contribution in [-0.2, 0) is 20.8 Å². The molecule has 0 aromatic heterocycles. The summed E-state index contributed by atoms with van der Waals surface area (Å²) in [7, 11) is 1.40. The average Bonchev–Trinajstić information content (AvgIpc) is 2.38. The lowest BCUT2D eigenvalue weighted by Crippen LogP contribution is -2.49. The summed E-state index contributed by atoms with van der Waals surface area (Å²) in [6.45, 7) is 4.24. The van der Waals surface area contributed by atoms with Crippen molar-refractivity contribution in [1.82, 2.24) is 4.90 Å². The Kier molecular flexibility index (Phi) is 4.33. The Morgan fingerprint density at radius 2 is 2.11 bits per heavy atom. The molecule has 0 N–H and O–H groups in total. The minimum absolute atomic E-state index is 0.0477. The number of hydrogen-bond donors (Lipinski definition) is 0. The lowest BCUT2D eigenvalue weighted by molar-refractivity contribution is -0.166. The molecule has 0 amide bonds. The van der Waals surface area contributed by atoms with E-state index in [1.54, 1.807) is 0 Å². The van der Waals surface area contributed by atoms with Crippen LogP contribution < -0.4 is 0 Å². The third kappa shape index (κ3) is 3.31. The summed E-state index contributed by atoms with van der Waals surface area (Å²) >= 11 is 0. The van der Waals surface area contributed by atoms with Crippen LogP contribution in [0.4, 0.5) is 0 Å². The molecule has 1 aliphatic rings. The first-order valence-electron chi connectivity index (χ1n) is 6.18. The van der Waals surface area contributed by atoms with Gasteiger partial charge in [0.2, 0.25) is 0 Å². The molecule has 1 unspecified atom stereocenters. The summed E-state index contributed by atoms with van der Waals surface area (Å²) in [4.78, 5) is 13.8. The van der Waals surface area contributed by atoms with E-state index in [4.69, 9.17) is 9.47 Å². The fourth-order valence-electron chi connectivity index (χ4n) is 2.27. The highest BCUT2D eigenvalue weighted by molar-refractivity contribution is 5.74. The molecular formula is C14H19NO3. The molecule has 4 nitrogen and oxygen atoms in total. The largest absolute Gasteiger partial charge is 0.467 e. The Morgan fingerprint density at radius 1 is 1.39 bits per heavy atom. The summed E-state index contributed by atoms with van der Waals surface area (Å²) in [5, 5.41) is 0. The fraction of sp³-hybridized carbons (Fsp3) is 0.500. The van der Waals surface area contributed by atoms with Gasteiger partial charge in [-0.3, -0.25) is 4.90 Å². The predicted octanol–water partition coefficient (Wildman–Crippen LogP) is 1.45. The summed E-state index contributed by atoms with van der Waals surface area (Å²) in [5.41, 5.74) is 1.25. The number of methoxy groups -OCH3 is 1. The van der Waals surface area contributed by atoms with Gasteiger partial charge in [-0.25, -0.2) is 4.79 Å². The van der Waals surface area contributed by atoms with E-state index in [1.165, 1.54) is 12.7 Å². The van der Waals surface area contributed by atoms with Gasteiger partial charge in [0.05, 0.1) is 13.2 Å². The summed E-state index contributed by atoms with van der Waals surface area (Å²) < 4.78 is 10.3. The van der Waals surface area contributed by atoms with E-state index in [1.807, 2.05) is 25.1 Å². The highest BCUT2D eigenvalue weighted by Crippen LogP contribution is 2.15. The molecule has 1 aromatic carbocycles. The third-order valence-electron chi connectivity index (χ3n) is 3.05. The summed E-state index contributed by atoms with van der Waals surface area (Å²) in [6, 6.07) is 10.2. The topological polar surface area (TPSA) is 38.8 Å². The highest BCUT2D eigenvalue weighted by atomic mass is 16.6. The van der Waals surface area contributed by atoms with E-state index < -0.39 is 6.10 Å². The van der Waals surface area contributed by atoms with Crippen molar-refractivity contribution in [2.75, 3.05) is 20.2 Å². The first-order valence-corrected chi connectivity index (χ1v) is 6.18. The molecular weight excluding hydrogens is 230 g/mol. The quantitative estimate of drug-likeness (QED) is 0.760. The standard InChI is InChI=1S/C14H19NO3/c1-11-8-15(9-12-6-4-3-5-7-12)10-13(18-11)14(16)17-2/h3-7,11,13H,8-10H2,1-2H3/t11-,13?/m0/s1. The molecule has 2 atom stereocenters. The number of rotatable bonds is 3. The van der Waals surface area contributed by atoms with Gasteiger partial charge in [0.25, 0.3) is 0 Å². The Hall–Kier alpha value is -1.39. The Labute approximate surface area is 107 Å². The third-order valence-corrected chi connectivity index (χ3v) is 3.05. The number of esters is 1. The molecule has 0 radical (unpaired) electrons. The van der Waals surface area contributed by atoms with Crippen LogP contribution >= 0.6 is 0 Å². The molecule has 1 fully saturated rings. The van der Waals surface area contributed by atoms with Gasteiger partial charge < -0.3 is 9.47 Å². The van der Waals surface area contributed by atoms with Crippen LogP contribution in [0.25, 0.3) is 0 Å². The molecule has 98 valence electrons. The van der Waals surface area contributed by atoms with Crippen molar-refractivity contribution in [3.8, 4) is 0 Å². The molecule has 0 saturated carbocycles. The van der Waals surface area contributed by atoms with Crippen molar-refractivity contribution in [2.24, 2.45) is 0 Å². The van der Waals surface area contributed by atoms with Crippen LogP contribution in [0.1, 0.15) is 12.5 Å². The van der Waals surface area contributed by atoms with Crippen molar-refractivity contribution < 1.29 is 14.3 Å². The number of carbonyl (C=O) groups excluding carboxylic acids is 1. The van der Waals surface area contributed by atoms with Gasteiger partial charge in [-0.1, -0.05) is 30.3 Å². The van der Waals surface area contributed by atoms with E-state index in [9.17, 15) is 4.79 Å². The molecule has 0 spiro atoms. The second-order valence-corrected chi connectivity index (χ2v) is 4.64. The Morgan fingerprint density at radius 3 is 2.78 bits per heavy atom. The lowest BCUT2D eigenvalue weighted by atomic mass is 10.1. The maximum absolute atomic E-state index is 11.5. The van der Waals surface area contributed by atoms with Gasteiger partial charge in [0.15, 0.2) is 6.10 Å². The van der Waals surface area contributed by atoms with Gasteiger partial charge in [0.1, 0.15) is 0 Å². The van der Waals surface area contributed by atoms with E-state index >= 15 is 0 Å². The van der Waals surface area contributed by atoms with Gasteiger partial charge in [-0.15, -0.1) is 0 Å². The summed E-state index contributed by atoms with van der Waals surface area (Å²) in [6.07, 6.45) is -0.422. The Bertz CT molecular complexity index is 393. The van der Waals surface area contributed by atoms with Crippen LogP contribution in [0, 0.1) is 0 Å². The SMILES string of the molecule is COC(=O)C1CN(Cc2ccccc2)C[C@H](C)O1. The van der Waals surface area contributed by atoms with Crippen LogP contribution in [0.2, 0.25) is 0 Å². The normalized spacial score (nSPS) is 24.8. The maximum atomic E-state index is 11.5. The van der Waals surface area contributed by atoms with Gasteiger partial charge in [-0.05, 0) is 12.5 Å². The minimum atomic E-state index is -0.470. The second kappa shape index (κ2) is 5.98. The molecule has 1 heterocycles. The van der Waals surface area contributed by atoms with E-state index in [-0.39, 0.29) is 12.1 Å². The van der Waals surface area contributed by atoms with Crippen LogP contribution in [0.15, 0.2) is 30.3 Å². The van der Waals surface area contributed by atoms with Gasteiger partial charge >= 0.3 is 5.97 Å². The number of ether oxygens (including phenoxy) is 2. The van der Waals surface area contributed by atoms with E-state index in [0.717, 1.165) is 13.1 Å². The molecule has 4 heteroatoms. The Balaban J connectivity index is 1.98. The molecule has 18 heavy (non-hydrogen) atoms. The first kappa shape index (κ1) is 13.1. The highest BCUT2D eigenvalue weighted by Gasteiger charge is 2.30. The van der Waals surface area contributed by atoms with Crippen molar-refractivity contribution >= 4 is 5.97 Å².